The number of benzene rings is 1. The molecule has 0 aliphatic carbocycles. The summed E-state index contributed by atoms with van der Waals surface area (Å²) in [7, 11) is 0. The van der Waals surface area contributed by atoms with Crippen LogP contribution in [0.4, 0.5) is 0 Å². The number of carbonyl (C=O) groups excluding carboxylic acids is 1. The number of hydrogen-bond acceptors (Lipinski definition) is 4. The summed E-state index contributed by atoms with van der Waals surface area (Å²) in [5.74, 6) is 0.920. The smallest absolute Gasteiger partial charge is 0.287 e. The molecule has 0 radical (unpaired) electrons. The number of rotatable bonds is 7. The van der Waals surface area contributed by atoms with Crippen LogP contribution in [0.2, 0.25) is 0 Å². The minimum absolute atomic E-state index is 0.174. The molecule has 122 valence electrons. The number of carbonyl (C=O) groups is 1. The first-order valence-electron chi connectivity index (χ1n) is 7.74. The van der Waals surface area contributed by atoms with Crippen LogP contribution < -0.4 is 5.32 Å². The molecule has 0 spiro atoms. The SMILES string of the molecule is O=C(NCCc1cccnc1)c1occc1CSc1ccccc1. The normalized spacial score (nSPS) is 10.5. The van der Waals surface area contributed by atoms with Crippen molar-refractivity contribution in [3.8, 4) is 0 Å². The van der Waals surface area contributed by atoms with Crippen LogP contribution in [0, 0.1) is 0 Å². The second-order valence-corrected chi connectivity index (χ2v) is 6.29. The van der Waals surface area contributed by atoms with E-state index in [1.54, 1.807) is 30.4 Å². The molecule has 3 aromatic rings. The maximum atomic E-state index is 12.3. The van der Waals surface area contributed by atoms with Gasteiger partial charge in [0.15, 0.2) is 5.76 Å². The maximum absolute atomic E-state index is 12.3. The molecule has 1 aromatic carbocycles. The number of nitrogens with one attached hydrogen (secondary N) is 1. The Labute approximate surface area is 145 Å². The Hall–Kier alpha value is -2.53. The van der Waals surface area contributed by atoms with Crippen LogP contribution in [0.5, 0.6) is 0 Å². The van der Waals surface area contributed by atoms with Crippen molar-refractivity contribution in [2.75, 3.05) is 6.54 Å². The Kier molecular flexibility index (Phi) is 5.69. The van der Waals surface area contributed by atoms with Crippen molar-refractivity contribution in [1.29, 1.82) is 0 Å². The molecule has 5 heteroatoms. The van der Waals surface area contributed by atoms with Gasteiger partial charge in [0.05, 0.1) is 6.26 Å². The fourth-order valence-electron chi connectivity index (χ4n) is 2.27. The predicted molar refractivity (Wildman–Crippen MR) is 95.0 cm³/mol. The van der Waals surface area contributed by atoms with Crippen molar-refractivity contribution in [3.63, 3.8) is 0 Å². The van der Waals surface area contributed by atoms with E-state index in [4.69, 9.17) is 4.42 Å². The Bertz CT molecular complexity index is 772. The first-order valence-corrected chi connectivity index (χ1v) is 8.73. The van der Waals surface area contributed by atoms with Crippen LogP contribution in [-0.4, -0.2) is 17.4 Å². The summed E-state index contributed by atoms with van der Waals surface area (Å²) in [6.45, 7) is 0.552. The Morgan fingerprint density at radius 3 is 2.79 bits per heavy atom. The highest BCUT2D eigenvalue weighted by Crippen LogP contribution is 2.24. The molecule has 0 fully saturated rings. The van der Waals surface area contributed by atoms with Gasteiger partial charge in [-0.3, -0.25) is 9.78 Å². The number of pyridine rings is 1. The van der Waals surface area contributed by atoms with E-state index in [1.165, 1.54) is 4.90 Å². The molecule has 4 nitrogen and oxygen atoms in total. The van der Waals surface area contributed by atoms with Gasteiger partial charge in [-0.2, -0.15) is 0 Å². The monoisotopic (exact) mass is 338 g/mol. The molecule has 24 heavy (non-hydrogen) atoms. The van der Waals surface area contributed by atoms with Gasteiger partial charge < -0.3 is 9.73 Å². The summed E-state index contributed by atoms with van der Waals surface area (Å²) in [5.41, 5.74) is 2.00. The van der Waals surface area contributed by atoms with Crippen molar-refractivity contribution in [2.24, 2.45) is 0 Å². The third-order valence-corrected chi connectivity index (χ3v) is 4.57. The topological polar surface area (TPSA) is 55.1 Å². The van der Waals surface area contributed by atoms with Crippen molar-refractivity contribution in [1.82, 2.24) is 10.3 Å². The fourth-order valence-corrected chi connectivity index (χ4v) is 3.17. The molecule has 1 amide bonds. The summed E-state index contributed by atoms with van der Waals surface area (Å²) in [5, 5.41) is 2.90. The summed E-state index contributed by atoms with van der Waals surface area (Å²) < 4.78 is 5.38. The molecule has 0 aliphatic rings. The number of hydrogen-bond donors (Lipinski definition) is 1. The van der Waals surface area contributed by atoms with E-state index >= 15 is 0 Å². The Morgan fingerprint density at radius 2 is 2.00 bits per heavy atom. The van der Waals surface area contributed by atoms with Crippen LogP contribution in [0.1, 0.15) is 21.7 Å². The summed E-state index contributed by atoms with van der Waals surface area (Å²) in [6.07, 6.45) is 5.86. The zero-order chi connectivity index (χ0) is 16.6. The minimum atomic E-state index is -0.174. The standard InChI is InChI=1S/C19H18N2O2S/c22-19(21-11-8-15-5-4-10-20-13-15)18-16(9-12-23-18)14-24-17-6-2-1-3-7-17/h1-7,9-10,12-13H,8,11,14H2,(H,21,22). The third kappa shape index (κ3) is 4.49. The summed E-state index contributed by atoms with van der Waals surface area (Å²) in [4.78, 5) is 17.5. The molecule has 0 saturated carbocycles. The van der Waals surface area contributed by atoms with E-state index in [0.29, 0.717) is 18.1 Å². The molecule has 0 saturated heterocycles. The highest BCUT2D eigenvalue weighted by molar-refractivity contribution is 7.98. The van der Waals surface area contributed by atoms with E-state index in [9.17, 15) is 4.79 Å². The lowest BCUT2D eigenvalue weighted by molar-refractivity contribution is 0.0925. The number of amides is 1. The van der Waals surface area contributed by atoms with Gasteiger partial charge in [-0.25, -0.2) is 0 Å². The Morgan fingerprint density at radius 1 is 1.12 bits per heavy atom. The van der Waals surface area contributed by atoms with Crippen molar-refractivity contribution in [3.05, 3.63) is 84.1 Å². The molecule has 2 heterocycles. The average molecular weight is 338 g/mol. The summed E-state index contributed by atoms with van der Waals surface area (Å²) >= 11 is 1.68. The highest BCUT2D eigenvalue weighted by atomic mass is 32.2. The van der Waals surface area contributed by atoms with Crippen molar-refractivity contribution < 1.29 is 9.21 Å². The lowest BCUT2D eigenvalue weighted by Gasteiger charge is -2.05. The third-order valence-electron chi connectivity index (χ3n) is 3.51. The largest absolute Gasteiger partial charge is 0.459 e. The predicted octanol–water partition coefficient (Wildman–Crippen LogP) is 3.94. The second-order valence-electron chi connectivity index (χ2n) is 5.24. The second kappa shape index (κ2) is 8.36. The van der Waals surface area contributed by atoms with E-state index in [-0.39, 0.29) is 5.91 Å². The van der Waals surface area contributed by atoms with Crippen LogP contribution in [0.15, 0.2) is 76.5 Å². The lowest BCUT2D eigenvalue weighted by Crippen LogP contribution is -2.26. The molecule has 0 bridgehead atoms. The van der Waals surface area contributed by atoms with E-state index in [2.05, 4.69) is 22.4 Å². The molecule has 1 N–H and O–H groups in total. The van der Waals surface area contributed by atoms with Gasteiger partial charge in [0, 0.05) is 35.2 Å². The van der Waals surface area contributed by atoms with Crippen molar-refractivity contribution >= 4 is 17.7 Å². The van der Waals surface area contributed by atoms with Crippen LogP contribution in [-0.2, 0) is 12.2 Å². The van der Waals surface area contributed by atoms with Gasteiger partial charge in [-0.05, 0) is 36.2 Å². The number of nitrogens with zero attached hydrogens (tertiary/aromatic N) is 1. The van der Waals surface area contributed by atoms with Gasteiger partial charge in [-0.1, -0.05) is 24.3 Å². The van der Waals surface area contributed by atoms with Gasteiger partial charge in [-0.15, -0.1) is 11.8 Å². The van der Waals surface area contributed by atoms with Gasteiger partial charge in [0.25, 0.3) is 5.91 Å². The lowest BCUT2D eigenvalue weighted by atomic mass is 10.2. The highest BCUT2D eigenvalue weighted by Gasteiger charge is 2.15. The van der Waals surface area contributed by atoms with E-state index in [1.807, 2.05) is 36.4 Å². The number of thioether (sulfide) groups is 1. The molecule has 0 aliphatic heterocycles. The van der Waals surface area contributed by atoms with Crippen LogP contribution >= 0.6 is 11.8 Å². The van der Waals surface area contributed by atoms with Crippen molar-refractivity contribution in [2.45, 2.75) is 17.1 Å². The number of furan rings is 1. The molecule has 0 unspecified atom stereocenters. The van der Waals surface area contributed by atoms with Crippen LogP contribution in [0.25, 0.3) is 0 Å². The van der Waals surface area contributed by atoms with Gasteiger partial charge in [0.2, 0.25) is 0 Å². The van der Waals surface area contributed by atoms with E-state index in [0.717, 1.165) is 17.5 Å². The zero-order valence-corrected chi connectivity index (χ0v) is 14.0. The minimum Gasteiger partial charge on any atom is -0.459 e. The number of aromatic nitrogens is 1. The van der Waals surface area contributed by atoms with Gasteiger partial charge in [0.1, 0.15) is 0 Å². The van der Waals surface area contributed by atoms with E-state index < -0.39 is 0 Å². The Balaban J connectivity index is 1.53. The molecule has 2 aromatic heterocycles. The van der Waals surface area contributed by atoms with Crippen LogP contribution in [0.3, 0.4) is 0 Å². The quantitative estimate of drug-likeness (QED) is 0.663. The maximum Gasteiger partial charge on any atom is 0.287 e. The fraction of sp³-hybridized carbons (Fsp3) is 0.158. The molecule has 0 atom stereocenters. The first kappa shape index (κ1) is 16.3. The first-order chi connectivity index (χ1) is 11.8. The average Bonchev–Trinajstić information content (AvgIpc) is 3.10. The summed E-state index contributed by atoms with van der Waals surface area (Å²) in [6, 6.07) is 15.8. The zero-order valence-electron chi connectivity index (χ0n) is 13.1. The van der Waals surface area contributed by atoms with Gasteiger partial charge >= 0.3 is 0 Å². The molecular weight excluding hydrogens is 320 g/mol. The molecular formula is C19H18N2O2S. The molecule has 3 rings (SSSR count).